The monoisotopic (exact) mass is 279 g/mol. The Morgan fingerprint density at radius 1 is 1.47 bits per heavy atom. The maximum Gasteiger partial charge on any atom is 0.230 e. The Balaban J connectivity index is 1.71. The van der Waals surface area contributed by atoms with Crippen molar-refractivity contribution in [2.75, 3.05) is 18.8 Å². The molecule has 0 bridgehead atoms. The minimum Gasteiger partial charge on any atom is -0.349 e. The number of carbonyl (C=O) groups is 1. The lowest BCUT2D eigenvalue weighted by Gasteiger charge is -2.22. The Labute approximate surface area is 118 Å². The van der Waals surface area contributed by atoms with Crippen LogP contribution in [0.2, 0.25) is 0 Å². The molecule has 104 valence electrons. The van der Waals surface area contributed by atoms with E-state index >= 15 is 0 Å². The molecule has 1 fully saturated rings. The van der Waals surface area contributed by atoms with Crippen molar-refractivity contribution in [3.63, 3.8) is 0 Å². The molecule has 1 aromatic heterocycles. The maximum absolute atomic E-state index is 11.9. The summed E-state index contributed by atoms with van der Waals surface area (Å²) in [5.41, 5.74) is 1.09. The third kappa shape index (κ3) is 4.84. The second-order valence-electron chi connectivity index (χ2n) is 4.83. The quantitative estimate of drug-likeness (QED) is 0.862. The second-order valence-corrected chi connectivity index (χ2v) is 6.12. The van der Waals surface area contributed by atoms with E-state index in [4.69, 9.17) is 0 Å². The number of nitrogens with zero attached hydrogens (tertiary/aromatic N) is 1. The SMILES string of the molecule is CC(NC(=O)CSC1CCNCC1)c1ccncc1. The molecule has 0 saturated carbocycles. The standard InChI is InChI=1S/C14H21N3OS/c1-11(12-2-6-15-7-3-12)17-14(18)10-19-13-4-8-16-9-5-13/h2-3,6-7,11,13,16H,4-5,8-10H2,1H3,(H,17,18). The minimum atomic E-state index is 0.0455. The molecule has 0 radical (unpaired) electrons. The van der Waals surface area contributed by atoms with E-state index in [1.54, 1.807) is 24.2 Å². The first kappa shape index (κ1) is 14.3. The van der Waals surface area contributed by atoms with Gasteiger partial charge >= 0.3 is 0 Å². The summed E-state index contributed by atoms with van der Waals surface area (Å²) < 4.78 is 0. The van der Waals surface area contributed by atoms with Crippen molar-refractivity contribution in [3.05, 3.63) is 30.1 Å². The first-order valence-corrected chi connectivity index (χ1v) is 7.82. The van der Waals surface area contributed by atoms with Gasteiger partial charge in [-0.15, -0.1) is 11.8 Å². The molecule has 2 rings (SSSR count). The van der Waals surface area contributed by atoms with Gasteiger partial charge in [-0.1, -0.05) is 0 Å². The summed E-state index contributed by atoms with van der Waals surface area (Å²) in [6, 6.07) is 3.92. The summed E-state index contributed by atoms with van der Waals surface area (Å²) in [6.45, 7) is 4.15. The predicted octanol–water partition coefficient (Wildman–Crippen LogP) is 1.74. The summed E-state index contributed by atoms with van der Waals surface area (Å²) in [7, 11) is 0. The first-order valence-electron chi connectivity index (χ1n) is 6.77. The summed E-state index contributed by atoms with van der Waals surface area (Å²) in [4.78, 5) is 15.9. The maximum atomic E-state index is 11.9. The molecule has 2 heterocycles. The van der Waals surface area contributed by atoms with E-state index in [2.05, 4.69) is 15.6 Å². The third-order valence-electron chi connectivity index (χ3n) is 3.32. The smallest absolute Gasteiger partial charge is 0.230 e. The topological polar surface area (TPSA) is 54.0 Å². The number of aromatic nitrogens is 1. The van der Waals surface area contributed by atoms with Crippen LogP contribution in [0.4, 0.5) is 0 Å². The lowest BCUT2D eigenvalue weighted by atomic mass is 10.1. The molecule has 0 aromatic carbocycles. The highest BCUT2D eigenvalue weighted by Crippen LogP contribution is 2.20. The number of rotatable bonds is 5. The van der Waals surface area contributed by atoms with Crippen molar-refractivity contribution in [2.24, 2.45) is 0 Å². The molecule has 0 aliphatic carbocycles. The van der Waals surface area contributed by atoms with Crippen LogP contribution >= 0.6 is 11.8 Å². The van der Waals surface area contributed by atoms with E-state index in [-0.39, 0.29) is 11.9 Å². The highest BCUT2D eigenvalue weighted by molar-refractivity contribution is 8.00. The number of hydrogen-bond donors (Lipinski definition) is 2. The molecule has 5 heteroatoms. The van der Waals surface area contributed by atoms with Gasteiger partial charge in [0.1, 0.15) is 0 Å². The molecule has 1 atom stereocenters. The van der Waals surface area contributed by atoms with E-state index in [0.717, 1.165) is 31.5 Å². The normalized spacial score (nSPS) is 17.9. The van der Waals surface area contributed by atoms with Crippen molar-refractivity contribution in [1.82, 2.24) is 15.6 Å². The molecule has 1 saturated heterocycles. The molecule has 1 aliphatic rings. The molecule has 0 spiro atoms. The van der Waals surface area contributed by atoms with Crippen LogP contribution in [-0.2, 0) is 4.79 Å². The van der Waals surface area contributed by atoms with E-state index in [9.17, 15) is 4.79 Å². The highest BCUT2D eigenvalue weighted by atomic mass is 32.2. The molecule has 19 heavy (non-hydrogen) atoms. The number of nitrogens with one attached hydrogen (secondary N) is 2. The number of hydrogen-bond acceptors (Lipinski definition) is 4. The van der Waals surface area contributed by atoms with Crippen LogP contribution < -0.4 is 10.6 Å². The van der Waals surface area contributed by atoms with Gasteiger partial charge in [0.25, 0.3) is 0 Å². The number of piperidine rings is 1. The van der Waals surface area contributed by atoms with Gasteiger partial charge in [-0.2, -0.15) is 0 Å². The van der Waals surface area contributed by atoms with Gasteiger partial charge in [-0.3, -0.25) is 9.78 Å². The van der Waals surface area contributed by atoms with Crippen LogP contribution in [0.5, 0.6) is 0 Å². The zero-order valence-electron chi connectivity index (χ0n) is 11.3. The zero-order chi connectivity index (χ0) is 13.5. The number of pyridine rings is 1. The van der Waals surface area contributed by atoms with Crippen LogP contribution in [-0.4, -0.2) is 35.0 Å². The summed E-state index contributed by atoms with van der Waals surface area (Å²) in [6.07, 6.45) is 5.83. The molecule has 4 nitrogen and oxygen atoms in total. The molecular formula is C14H21N3OS. The van der Waals surface area contributed by atoms with Gasteiger partial charge in [-0.05, 0) is 50.6 Å². The molecule has 1 aromatic rings. The number of amides is 1. The van der Waals surface area contributed by atoms with Crippen molar-refractivity contribution >= 4 is 17.7 Å². The van der Waals surface area contributed by atoms with E-state index < -0.39 is 0 Å². The predicted molar refractivity (Wildman–Crippen MR) is 79.1 cm³/mol. The van der Waals surface area contributed by atoms with Crippen molar-refractivity contribution < 1.29 is 4.79 Å². The Morgan fingerprint density at radius 2 is 2.16 bits per heavy atom. The number of thioether (sulfide) groups is 1. The van der Waals surface area contributed by atoms with Gasteiger partial charge in [0.05, 0.1) is 11.8 Å². The molecule has 1 amide bonds. The average molecular weight is 279 g/mol. The lowest BCUT2D eigenvalue weighted by Crippen LogP contribution is -2.32. The fourth-order valence-electron chi connectivity index (χ4n) is 2.17. The second kappa shape index (κ2) is 7.50. The fourth-order valence-corrected chi connectivity index (χ4v) is 3.21. The van der Waals surface area contributed by atoms with E-state index in [1.807, 2.05) is 19.1 Å². The Morgan fingerprint density at radius 3 is 2.84 bits per heavy atom. The molecule has 1 aliphatic heterocycles. The summed E-state index contributed by atoms with van der Waals surface area (Å²) >= 11 is 1.78. The fraction of sp³-hybridized carbons (Fsp3) is 0.571. The van der Waals surface area contributed by atoms with E-state index in [1.165, 1.54) is 0 Å². The van der Waals surface area contributed by atoms with Gasteiger partial charge in [-0.25, -0.2) is 0 Å². The summed E-state index contributed by atoms with van der Waals surface area (Å²) in [5, 5.41) is 7.00. The largest absolute Gasteiger partial charge is 0.349 e. The van der Waals surface area contributed by atoms with Gasteiger partial charge in [0, 0.05) is 17.6 Å². The van der Waals surface area contributed by atoms with Crippen LogP contribution in [0, 0.1) is 0 Å². The highest BCUT2D eigenvalue weighted by Gasteiger charge is 2.16. The van der Waals surface area contributed by atoms with Gasteiger partial charge in [0.2, 0.25) is 5.91 Å². The van der Waals surface area contributed by atoms with Crippen molar-refractivity contribution in [1.29, 1.82) is 0 Å². The van der Waals surface area contributed by atoms with Crippen LogP contribution in [0.3, 0.4) is 0 Å². The average Bonchev–Trinajstić information content (AvgIpc) is 2.47. The minimum absolute atomic E-state index is 0.0455. The molecule has 2 N–H and O–H groups in total. The Hall–Kier alpha value is -1.07. The van der Waals surface area contributed by atoms with Crippen LogP contribution in [0.15, 0.2) is 24.5 Å². The lowest BCUT2D eigenvalue weighted by molar-refractivity contribution is -0.119. The number of carbonyl (C=O) groups excluding carboxylic acids is 1. The first-order chi connectivity index (χ1) is 9.25. The van der Waals surface area contributed by atoms with Crippen LogP contribution in [0.25, 0.3) is 0 Å². The molecular weight excluding hydrogens is 258 g/mol. The van der Waals surface area contributed by atoms with E-state index in [0.29, 0.717) is 11.0 Å². The summed E-state index contributed by atoms with van der Waals surface area (Å²) in [5.74, 6) is 0.674. The van der Waals surface area contributed by atoms with Crippen molar-refractivity contribution in [3.8, 4) is 0 Å². The van der Waals surface area contributed by atoms with Gasteiger partial charge in [0.15, 0.2) is 0 Å². The van der Waals surface area contributed by atoms with Gasteiger partial charge < -0.3 is 10.6 Å². The third-order valence-corrected chi connectivity index (χ3v) is 4.69. The Bertz CT molecular complexity index is 393. The Kier molecular flexibility index (Phi) is 5.66. The zero-order valence-corrected chi connectivity index (χ0v) is 12.1. The van der Waals surface area contributed by atoms with Crippen LogP contribution in [0.1, 0.15) is 31.4 Å². The molecule has 1 unspecified atom stereocenters. The van der Waals surface area contributed by atoms with Crippen molar-refractivity contribution in [2.45, 2.75) is 31.1 Å².